The Labute approximate surface area is 163 Å². The molecule has 156 valence electrons. The van der Waals surface area contributed by atoms with Gasteiger partial charge in [0.05, 0.1) is 26.4 Å². The van der Waals surface area contributed by atoms with Gasteiger partial charge in [0.2, 0.25) is 0 Å². The first kappa shape index (κ1) is 23.9. The zero-order valence-corrected chi connectivity index (χ0v) is 17.8. The summed E-state index contributed by atoms with van der Waals surface area (Å²) in [6.45, 7) is 8.55. The van der Waals surface area contributed by atoms with Crippen LogP contribution < -0.4 is 0 Å². The molecular formula is C23H46O3. The first-order valence-corrected chi connectivity index (χ1v) is 11.6. The standard InChI is InChI=1S/C23H46O3/c1-3-5-7-9-10-12-14-16-22(15-13-11-8-6-4-2)19-24-17-18-25-20-23-21-26-23/h22-23H,3-21H2,1-2H3. The van der Waals surface area contributed by atoms with Crippen LogP contribution in [0, 0.1) is 5.92 Å². The van der Waals surface area contributed by atoms with Crippen molar-refractivity contribution in [2.24, 2.45) is 5.92 Å². The zero-order valence-electron chi connectivity index (χ0n) is 17.8. The van der Waals surface area contributed by atoms with E-state index in [2.05, 4.69) is 13.8 Å². The van der Waals surface area contributed by atoms with Crippen LogP contribution in [0.15, 0.2) is 0 Å². The summed E-state index contributed by atoms with van der Waals surface area (Å²) < 4.78 is 16.6. The van der Waals surface area contributed by atoms with E-state index in [-0.39, 0.29) is 0 Å². The molecule has 2 unspecified atom stereocenters. The Bertz CT molecular complexity index is 279. The summed E-state index contributed by atoms with van der Waals surface area (Å²) in [5.74, 6) is 0.749. The van der Waals surface area contributed by atoms with Crippen molar-refractivity contribution in [2.75, 3.05) is 33.0 Å². The lowest BCUT2D eigenvalue weighted by atomic mass is 9.95. The molecule has 0 N–H and O–H groups in total. The fourth-order valence-electron chi connectivity index (χ4n) is 3.48. The SMILES string of the molecule is CCCCCCCCCC(CCCCCCC)COCCOCC1CO1. The maximum absolute atomic E-state index is 5.92. The third-order valence-electron chi connectivity index (χ3n) is 5.36. The van der Waals surface area contributed by atoms with Crippen molar-refractivity contribution < 1.29 is 14.2 Å². The van der Waals surface area contributed by atoms with Crippen LogP contribution in [0.4, 0.5) is 0 Å². The monoisotopic (exact) mass is 370 g/mol. The molecule has 3 heteroatoms. The highest BCUT2D eigenvalue weighted by Gasteiger charge is 2.22. The molecule has 1 rings (SSSR count). The van der Waals surface area contributed by atoms with E-state index >= 15 is 0 Å². The molecule has 0 saturated carbocycles. The molecule has 1 aliphatic heterocycles. The lowest BCUT2D eigenvalue weighted by Crippen LogP contribution is -2.14. The Morgan fingerprint density at radius 1 is 0.731 bits per heavy atom. The molecule has 1 fully saturated rings. The molecular weight excluding hydrogens is 324 g/mol. The molecule has 0 spiro atoms. The van der Waals surface area contributed by atoms with Gasteiger partial charge < -0.3 is 14.2 Å². The minimum absolute atomic E-state index is 0.364. The summed E-state index contributed by atoms with van der Waals surface area (Å²) in [5, 5.41) is 0. The summed E-state index contributed by atoms with van der Waals surface area (Å²) in [6.07, 6.45) is 19.7. The van der Waals surface area contributed by atoms with Gasteiger partial charge in [-0.15, -0.1) is 0 Å². The molecule has 2 atom stereocenters. The molecule has 1 heterocycles. The van der Waals surface area contributed by atoms with Gasteiger partial charge in [-0.25, -0.2) is 0 Å². The first-order chi connectivity index (χ1) is 12.9. The van der Waals surface area contributed by atoms with E-state index in [1.807, 2.05) is 0 Å². The van der Waals surface area contributed by atoms with Crippen molar-refractivity contribution in [1.29, 1.82) is 0 Å². The normalized spacial score (nSPS) is 17.5. The molecule has 0 aromatic heterocycles. The van der Waals surface area contributed by atoms with Gasteiger partial charge in [0.1, 0.15) is 6.10 Å². The maximum Gasteiger partial charge on any atom is 0.104 e. The van der Waals surface area contributed by atoms with Crippen LogP contribution in [-0.2, 0) is 14.2 Å². The maximum atomic E-state index is 5.92. The first-order valence-electron chi connectivity index (χ1n) is 11.6. The minimum Gasteiger partial charge on any atom is -0.379 e. The molecule has 1 saturated heterocycles. The van der Waals surface area contributed by atoms with Crippen LogP contribution in [-0.4, -0.2) is 39.1 Å². The molecule has 1 aliphatic rings. The highest BCUT2D eigenvalue weighted by Crippen LogP contribution is 2.19. The molecule has 0 amide bonds. The molecule has 3 nitrogen and oxygen atoms in total. The van der Waals surface area contributed by atoms with Crippen molar-refractivity contribution >= 4 is 0 Å². The second kappa shape index (κ2) is 18.3. The van der Waals surface area contributed by atoms with Gasteiger partial charge in [-0.2, -0.15) is 0 Å². The Morgan fingerprint density at radius 2 is 1.23 bits per heavy atom. The summed E-state index contributed by atoms with van der Waals surface area (Å²) in [4.78, 5) is 0. The summed E-state index contributed by atoms with van der Waals surface area (Å²) in [6, 6.07) is 0. The van der Waals surface area contributed by atoms with E-state index in [0.717, 1.165) is 32.3 Å². The van der Waals surface area contributed by atoms with E-state index < -0.39 is 0 Å². The largest absolute Gasteiger partial charge is 0.379 e. The Kier molecular flexibility index (Phi) is 16.8. The highest BCUT2D eigenvalue weighted by molar-refractivity contribution is 4.67. The van der Waals surface area contributed by atoms with Gasteiger partial charge >= 0.3 is 0 Å². The van der Waals surface area contributed by atoms with Crippen LogP contribution in [0.2, 0.25) is 0 Å². The van der Waals surface area contributed by atoms with Crippen LogP contribution in [0.5, 0.6) is 0 Å². The van der Waals surface area contributed by atoms with E-state index in [0.29, 0.717) is 12.7 Å². The van der Waals surface area contributed by atoms with E-state index in [4.69, 9.17) is 14.2 Å². The topological polar surface area (TPSA) is 31.0 Å². The minimum atomic E-state index is 0.364. The fourth-order valence-corrected chi connectivity index (χ4v) is 3.48. The average Bonchev–Trinajstić information content (AvgIpc) is 3.47. The van der Waals surface area contributed by atoms with Gasteiger partial charge in [-0.3, -0.25) is 0 Å². The predicted octanol–water partition coefficient (Wildman–Crippen LogP) is 6.54. The number of epoxide rings is 1. The van der Waals surface area contributed by atoms with Crippen LogP contribution in [0.3, 0.4) is 0 Å². The van der Waals surface area contributed by atoms with Crippen molar-refractivity contribution in [3.8, 4) is 0 Å². The second-order valence-electron chi connectivity index (χ2n) is 8.08. The van der Waals surface area contributed by atoms with E-state index in [1.54, 1.807) is 0 Å². The van der Waals surface area contributed by atoms with E-state index in [1.165, 1.54) is 89.9 Å². The number of hydrogen-bond acceptors (Lipinski definition) is 3. The highest BCUT2D eigenvalue weighted by atomic mass is 16.6. The van der Waals surface area contributed by atoms with Crippen molar-refractivity contribution in [3.63, 3.8) is 0 Å². The molecule has 0 aliphatic carbocycles. The Balaban J connectivity index is 2.02. The smallest absolute Gasteiger partial charge is 0.104 e. The average molecular weight is 371 g/mol. The van der Waals surface area contributed by atoms with Gasteiger partial charge in [0, 0.05) is 6.61 Å². The fraction of sp³-hybridized carbons (Fsp3) is 1.00. The second-order valence-corrected chi connectivity index (χ2v) is 8.08. The van der Waals surface area contributed by atoms with Crippen LogP contribution >= 0.6 is 0 Å². The Hall–Kier alpha value is -0.120. The number of ether oxygens (including phenoxy) is 3. The van der Waals surface area contributed by atoms with Crippen molar-refractivity contribution in [2.45, 2.75) is 110 Å². The lowest BCUT2D eigenvalue weighted by Gasteiger charge is -2.17. The van der Waals surface area contributed by atoms with Crippen LogP contribution in [0.1, 0.15) is 104 Å². The molecule has 26 heavy (non-hydrogen) atoms. The third-order valence-corrected chi connectivity index (χ3v) is 5.36. The number of hydrogen-bond donors (Lipinski definition) is 0. The van der Waals surface area contributed by atoms with Gasteiger partial charge in [0.15, 0.2) is 0 Å². The summed E-state index contributed by atoms with van der Waals surface area (Å²) in [7, 11) is 0. The van der Waals surface area contributed by atoms with Crippen LogP contribution in [0.25, 0.3) is 0 Å². The lowest BCUT2D eigenvalue weighted by molar-refractivity contribution is 0.0258. The Morgan fingerprint density at radius 3 is 1.77 bits per heavy atom. The van der Waals surface area contributed by atoms with Crippen molar-refractivity contribution in [3.05, 3.63) is 0 Å². The third kappa shape index (κ3) is 16.1. The zero-order chi connectivity index (χ0) is 18.7. The summed E-state index contributed by atoms with van der Waals surface area (Å²) >= 11 is 0. The molecule has 0 radical (unpaired) electrons. The quantitative estimate of drug-likeness (QED) is 0.170. The molecule has 0 aromatic rings. The van der Waals surface area contributed by atoms with Gasteiger partial charge in [-0.05, 0) is 18.8 Å². The predicted molar refractivity (Wildman–Crippen MR) is 111 cm³/mol. The number of rotatable bonds is 21. The molecule has 0 bridgehead atoms. The van der Waals surface area contributed by atoms with Gasteiger partial charge in [0.25, 0.3) is 0 Å². The molecule has 0 aromatic carbocycles. The number of unbranched alkanes of at least 4 members (excludes halogenated alkanes) is 10. The summed E-state index contributed by atoms with van der Waals surface area (Å²) in [5.41, 5.74) is 0. The van der Waals surface area contributed by atoms with Gasteiger partial charge in [-0.1, -0.05) is 90.9 Å². The van der Waals surface area contributed by atoms with Crippen molar-refractivity contribution in [1.82, 2.24) is 0 Å². The van der Waals surface area contributed by atoms with E-state index in [9.17, 15) is 0 Å².